The largest absolute Gasteiger partial charge is 0.381 e. The molecule has 0 saturated carbocycles. The van der Waals surface area contributed by atoms with Crippen LogP contribution in [0.25, 0.3) is 0 Å². The number of ether oxygens (including phenoxy) is 2. The summed E-state index contributed by atoms with van der Waals surface area (Å²) < 4.78 is 22.1. The molecule has 0 spiro atoms. The van der Waals surface area contributed by atoms with Crippen LogP contribution in [-0.4, -0.2) is 50.5 Å². The van der Waals surface area contributed by atoms with Crippen molar-refractivity contribution in [3.8, 4) is 0 Å². The van der Waals surface area contributed by atoms with Gasteiger partial charge >= 0.3 is 959 Å². The van der Waals surface area contributed by atoms with Gasteiger partial charge in [-0.3, -0.25) is 4.79 Å². The number of carbonyl (C=O) groups is 1. The molecule has 3 aliphatic rings. The first-order valence-electron chi connectivity index (χ1n) is 18.0. The van der Waals surface area contributed by atoms with Crippen LogP contribution in [0.3, 0.4) is 0 Å². The maximum Gasteiger partial charge on any atom is 0.137 e. The minimum Gasteiger partial charge on any atom is -0.381 e. The molecule has 0 aromatic heterocycles. The van der Waals surface area contributed by atoms with Gasteiger partial charge in [0.05, 0.1) is 37.6 Å². The third-order valence-electron chi connectivity index (χ3n) is 7.34. The Bertz CT molecular complexity index is 2100. The topological polar surface area (TPSA) is 54.0 Å². The monoisotopic (exact) mass is 9320 g/mol. The average Bonchev–Trinajstić information content (AvgIpc) is 1.68. The van der Waals surface area contributed by atoms with Gasteiger partial charge in [-0.25, -0.2) is 0 Å². The van der Waals surface area contributed by atoms with E-state index < -0.39 is 268 Å². The molecule has 0 atom stereocenters. The Morgan fingerprint density at radius 3 is 0.667 bits per heavy atom. The maximum atomic E-state index is 10.4. The van der Waals surface area contributed by atoms with Crippen molar-refractivity contribution in [2.45, 2.75) is 58.2 Å². The van der Waals surface area contributed by atoms with Gasteiger partial charge in [-0.1, -0.05) is 6.08 Å². The van der Waals surface area contributed by atoms with Gasteiger partial charge in [0.2, 0.25) is 0 Å². The summed E-state index contributed by atoms with van der Waals surface area (Å²) in [4.78, 5) is 10.4. The van der Waals surface area contributed by atoms with Crippen molar-refractivity contribution in [2.24, 2.45) is 0 Å². The van der Waals surface area contributed by atoms with Gasteiger partial charge in [-0.05, 0) is 39.6 Å². The van der Waals surface area contributed by atoms with E-state index >= 15 is 0 Å². The molecule has 2 saturated heterocycles. The standard InChI is InChI=1S/C11H19BO3.C5H8O2.I71/c1-10(2)11(3,4)15-12(14-10)9-5-7-13-8-6-9;6-5-1-3-7-4-2-5;1-37-39(4)41(6)43(8)45(10)47(12)49(14)51(16)53(18)55(20)57(22)59(24)61(26)63(28)65(30)67(32)69(34)71(36)70(35)68(33)66(31)64(29)62(27)60(25)58(23)56(21)54(19)52(17)50(15)48(13)46(11)44(9)42(7)40(5)38(2)3/h5H,6-8H2,1-4H3;1-4H2;/q;;-1. The molecule has 0 radical (unpaired) electrons. The number of hydrogen-bond donors (Lipinski definition) is 0. The zero-order chi connectivity index (χ0) is 72.6. The van der Waals surface area contributed by atoms with E-state index in [0.29, 0.717) is 51.7 Å². The van der Waals surface area contributed by atoms with E-state index in [1.165, 1.54) is 5.47 Å². The maximum absolute atomic E-state index is 10.4. The van der Waals surface area contributed by atoms with E-state index in [4.69, 9.17) is 18.8 Å². The molecular formula is C16H27BI71O5-. The van der Waals surface area contributed by atoms with Crippen LogP contribution in [-0.2, 0) is 23.6 Å². The number of halogens is 71. The molecule has 622 valence electrons. The summed E-state index contributed by atoms with van der Waals surface area (Å²) in [5.41, 5.74) is 0.744. The normalized spacial score (nSPS) is 20.9. The van der Waals surface area contributed by atoms with Crippen molar-refractivity contribution in [3.05, 3.63) is 11.5 Å². The van der Waals surface area contributed by atoms with Crippen molar-refractivity contribution in [2.75, 3.05) is 26.4 Å². The van der Waals surface area contributed by atoms with Crippen LogP contribution in [0.15, 0.2) is 11.5 Å². The minimum atomic E-state index is -0.623. The molecule has 2 fully saturated rings. The van der Waals surface area contributed by atoms with Gasteiger partial charge in [0.25, 0.3) is 0 Å². The van der Waals surface area contributed by atoms with Crippen molar-refractivity contribution in [3.63, 3.8) is 0 Å². The minimum absolute atomic E-state index is 0.182. The first kappa shape index (κ1) is 142. The Labute approximate surface area is 1030 Å². The summed E-state index contributed by atoms with van der Waals surface area (Å²) >= 11 is 121. The second kappa shape index (κ2) is 82.6. The van der Waals surface area contributed by atoms with Crippen LogP contribution in [0.2, 0.25) is 0 Å². The van der Waals surface area contributed by atoms with E-state index in [1.807, 2.05) is 0 Å². The van der Waals surface area contributed by atoms with Crippen LogP contribution >= 0.6 is 939 Å². The molecule has 0 amide bonds. The molecule has 5 nitrogen and oxygen atoms in total. The van der Waals surface area contributed by atoms with E-state index in [1.54, 1.807) is 0 Å². The molecule has 93 heavy (non-hydrogen) atoms. The van der Waals surface area contributed by atoms with Gasteiger partial charge in [0.15, 0.2) is 0 Å². The number of carbonyl (C=O) groups excluding carboxylic acids is 1. The third-order valence-corrected chi connectivity index (χ3v) is 5540. The first-order chi connectivity index (χ1) is 42.6. The van der Waals surface area contributed by atoms with Crippen LogP contribution < -0.4 is 13.3 Å². The molecule has 77 heteroatoms. The van der Waals surface area contributed by atoms with Crippen LogP contribution in [0.4, 0.5) is 0 Å². The zero-order valence-electron chi connectivity index (χ0n) is 41.0. The Hall–Kier alpha value is 51.1. The number of ketones is 1. The first-order valence-corrected chi connectivity index (χ1v) is 458. The Kier molecular flexibility index (Phi) is 126. The number of Topliss-reactive ketones (excluding diaryl/α,β-unsaturated/α-hetero) is 1. The third kappa shape index (κ3) is 56.8. The van der Waals surface area contributed by atoms with Crippen LogP contribution in [0, 0.1) is 0 Å². The van der Waals surface area contributed by atoms with Crippen molar-refractivity contribution in [1.29, 1.82) is 0 Å². The molecule has 0 N–H and O–H groups in total. The average molecular weight is 9320 g/mol. The SMILES string of the molecule is CC1(C)OB(C2=CCOCC2)OC1(C)C.I[I-]I(I)I(I)I(I)I(I)I(I)I(I)I(I)I(I)I(I)I(I)I(I)I(I)I(I)I(I)I(I)I(I)I(I)I(I)I(I)I(I)I(I)I(I)I(I)I(I)I(I)I(I)I(I)I(I)I(I)I(I)I(I)I(I)I(I)I(I)I.O=C1CCOCC1. The molecule has 3 heterocycles. The van der Waals surface area contributed by atoms with E-state index in [2.05, 4.69) is 704 Å². The molecular weight excluding hydrogens is 9290 g/mol. The predicted molar refractivity (Wildman–Crippen MR) is 1070 cm³/mol. The number of rotatable bonds is 35. The van der Waals surface area contributed by atoms with Gasteiger partial charge in [-0.15, -0.1) is 0 Å². The summed E-state index contributed by atoms with van der Waals surface area (Å²) in [5.74, 6) is 0.339. The molecule has 0 aliphatic carbocycles. The molecule has 3 rings (SSSR count). The quantitative estimate of drug-likeness (QED) is 0.0468. The number of hydrogen-bond acceptors (Lipinski definition) is 5. The Morgan fingerprint density at radius 2 is 0.505 bits per heavy atom. The second-order valence-corrected chi connectivity index (χ2v) is 1690. The van der Waals surface area contributed by atoms with Gasteiger partial charge in [-0.2, -0.15) is 0 Å². The van der Waals surface area contributed by atoms with Gasteiger partial charge < -0.3 is 18.8 Å². The smallest absolute Gasteiger partial charge is 0.137 e. The molecule has 0 bridgehead atoms. The summed E-state index contributed by atoms with van der Waals surface area (Å²) in [6.07, 6.45) is 4.24. The van der Waals surface area contributed by atoms with Gasteiger partial charge in [0.1, 0.15) is 5.78 Å². The summed E-state index contributed by atoms with van der Waals surface area (Å²) in [7, 11) is -19.6. The van der Waals surface area contributed by atoms with E-state index in [-0.39, 0.29) is 18.3 Å². The fraction of sp³-hybridized carbons (Fsp3) is 0.812. The van der Waals surface area contributed by atoms with Crippen molar-refractivity contribution >= 4 is 951 Å². The van der Waals surface area contributed by atoms with Crippen LogP contribution in [0.1, 0.15) is 47.0 Å². The second-order valence-electron chi connectivity index (χ2n) is 12.4. The molecule has 3 aliphatic heterocycles. The van der Waals surface area contributed by atoms with E-state index in [0.717, 1.165) is 13.0 Å². The van der Waals surface area contributed by atoms with Crippen LogP contribution in [0.5, 0.6) is 0 Å². The fourth-order valence-corrected chi connectivity index (χ4v) is 13600. The summed E-state index contributed by atoms with van der Waals surface area (Å²) in [6.45, 7) is 11.0. The van der Waals surface area contributed by atoms with Gasteiger partial charge in [0, 0.05) is 12.8 Å². The summed E-state index contributed by atoms with van der Waals surface area (Å²) in [6, 6.07) is 0. The Morgan fingerprint density at radius 1 is 0.312 bits per heavy atom. The molecule has 0 aromatic rings. The zero-order valence-corrected chi connectivity index (χ0v) is 194. The van der Waals surface area contributed by atoms with Crippen molar-refractivity contribution < 1.29 is 36.8 Å². The summed E-state index contributed by atoms with van der Waals surface area (Å²) in [5, 5.41) is 0. The molecule has 0 aromatic carbocycles. The van der Waals surface area contributed by atoms with E-state index in [9.17, 15) is 4.79 Å². The van der Waals surface area contributed by atoms with Crippen molar-refractivity contribution in [1.82, 2.24) is 0 Å². The Balaban J connectivity index is 0.00000161. The molecule has 0 unspecified atom stereocenters. The predicted octanol–water partition coefficient (Wildman–Crippen LogP) is 61.3. The fourth-order valence-electron chi connectivity index (χ4n) is 3.35.